The molecule has 2 heterocycles. The Labute approximate surface area is 93.9 Å². The van der Waals surface area contributed by atoms with Gasteiger partial charge in [-0.2, -0.15) is 0 Å². The summed E-state index contributed by atoms with van der Waals surface area (Å²) >= 11 is 7.52. The predicted molar refractivity (Wildman–Crippen MR) is 62.1 cm³/mol. The van der Waals surface area contributed by atoms with E-state index < -0.39 is 0 Å². The van der Waals surface area contributed by atoms with Gasteiger partial charge in [-0.3, -0.25) is 4.90 Å². The van der Waals surface area contributed by atoms with E-state index in [-0.39, 0.29) is 0 Å². The average molecular weight is 231 g/mol. The zero-order valence-electron chi connectivity index (χ0n) is 8.29. The molecule has 0 amide bonds. The Morgan fingerprint density at radius 2 is 2.57 bits per heavy atom. The molecule has 1 fully saturated rings. The van der Waals surface area contributed by atoms with Crippen molar-refractivity contribution in [1.82, 2.24) is 10.2 Å². The van der Waals surface area contributed by atoms with E-state index in [1.807, 2.05) is 0 Å². The summed E-state index contributed by atoms with van der Waals surface area (Å²) in [5.74, 6) is 0. The summed E-state index contributed by atoms with van der Waals surface area (Å²) < 4.78 is 0.891. The van der Waals surface area contributed by atoms with Crippen LogP contribution >= 0.6 is 22.9 Å². The topological polar surface area (TPSA) is 15.3 Å². The fraction of sp³-hybridized carbons (Fsp3) is 0.600. The molecule has 4 heteroatoms. The third-order valence-corrected chi connectivity index (χ3v) is 3.79. The average Bonchev–Trinajstić information content (AvgIpc) is 2.56. The first-order valence-electron chi connectivity index (χ1n) is 4.93. The van der Waals surface area contributed by atoms with Crippen molar-refractivity contribution in [2.24, 2.45) is 0 Å². The Balaban J connectivity index is 1.95. The number of thiophene rings is 1. The van der Waals surface area contributed by atoms with Crippen molar-refractivity contribution in [3.8, 4) is 0 Å². The fourth-order valence-corrected chi connectivity index (χ4v) is 2.68. The van der Waals surface area contributed by atoms with E-state index in [1.165, 1.54) is 5.56 Å². The molecule has 1 unspecified atom stereocenters. The van der Waals surface area contributed by atoms with E-state index >= 15 is 0 Å². The van der Waals surface area contributed by atoms with Crippen LogP contribution in [0.25, 0.3) is 0 Å². The molecule has 0 bridgehead atoms. The van der Waals surface area contributed by atoms with Crippen LogP contribution in [0, 0.1) is 0 Å². The summed E-state index contributed by atoms with van der Waals surface area (Å²) in [6, 6.07) is 2.70. The van der Waals surface area contributed by atoms with Gasteiger partial charge in [-0.05, 0) is 23.9 Å². The van der Waals surface area contributed by atoms with Crippen molar-refractivity contribution in [2.45, 2.75) is 19.5 Å². The first-order chi connectivity index (χ1) is 6.75. The van der Waals surface area contributed by atoms with Crippen LogP contribution in [0.1, 0.15) is 12.5 Å². The van der Waals surface area contributed by atoms with Gasteiger partial charge in [0.2, 0.25) is 0 Å². The van der Waals surface area contributed by atoms with Crippen molar-refractivity contribution in [2.75, 3.05) is 19.6 Å². The minimum Gasteiger partial charge on any atom is -0.314 e. The van der Waals surface area contributed by atoms with Crippen LogP contribution in [0.4, 0.5) is 0 Å². The van der Waals surface area contributed by atoms with Gasteiger partial charge in [0.1, 0.15) is 0 Å². The Kier molecular flexibility index (Phi) is 3.44. The summed E-state index contributed by atoms with van der Waals surface area (Å²) in [4.78, 5) is 2.49. The maximum absolute atomic E-state index is 5.90. The van der Waals surface area contributed by atoms with Crippen molar-refractivity contribution in [1.29, 1.82) is 0 Å². The quantitative estimate of drug-likeness (QED) is 0.838. The van der Waals surface area contributed by atoms with Gasteiger partial charge in [0.05, 0.1) is 4.34 Å². The highest BCUT2D eigenvalue weighted by Crippen LogP contribution is 2.21. The monoisotopic (exact) mass is 230 g/mol. The second-order valence-electron chi connectivity index (χ2n) is 3.78. The molecule has 2 rings (SSSR count). The molecule has 1 aromatic rings. The summed E-state index contributed by atoms with van der Waals surface area (Å²) in [6.07, 6.45) is 0. The zero-order chi connectivity index (χ0) is 9.97. The van der Waals surface area contributed by atoms with Gasteiger partial charge in [-0.15, -0.1) is 11.3 Å². The Hall–Kier alpha value is -0.0900. The smallest absolute Gasteiger partial charge is 0.0931 e. The molecule has 0 radical (unpaired) electrons. The van der Waals surface area contributed by atoms with E-state index in [1.54, 1.807) is 11.3 Å². The maximum Gasteiger partial charge on any atom is 0.0931 e. The number of hydrogen-bond acceptors (Lipinski definition) is 3. The number of halogens is 1. The maximum atomic E-state index is 5.90. The zero-order valence-corrected chi connectivity index (χ0v) is 9.87. The highest BCUT2D eigenvalue weighted by Gasteiger charge is 2.17. The van der Waals surface area contributed by atoms with E-state index in [4.69, 9.17) is 11.6 Å². The molecule has 0 aliphatic carbocycles. The van der Waals surface area contributed by atoms with Gasteiger partial charge in [0.15, 0.2) is 0 Å². The lowest BCUT2D eigenvalue weighted by Crippen LogP contribution is -2.49. The lowest BCUT2D eigenvalue weighted by Gasteiger charge is -2.33. The molecule has 1 atom stereocenters. The number of piperazine rings is 1. The summed E-state index contributed by atoms with van der Waals surface area (Å²) in [5.41, 5.74) is 1.34. The second-order valence-corrected chi connectivity index (χ2v) is 5.33. The Morgan fingerprint density at radius 3 is 3.21 bits per heavy atom. The first kappa shape index (κ1) is 10.4. The van der Waals surface area contributed by atoms with E-state index in [2.05, 4.69) is 28.6 Å². The van der Waals surface area contributed by atoms with Gasteiger partial charge in [-0.25, -0.2) is 0 Å². The Morgan fingerprint density at radius 1 is 1.71 bits per heavy atom. The van der Waals surface area contributed by atoms with Crippen LogP contribution in [0.5, 0.6) is 0 Å². The summed E-state index contributed by atoms with van der Waals surface area (Å²) in [5, 5.41) is 5.54. The molecule has 1 N–H and O–H groups in total. The normalized spacial score (nSPS) is 24.0. The molecule has 0 aromatic carbocycles. The molecule has 1 aromatic heterocycles. The summed E-state index contributed by atoms with van der Waals surface area (Å²) in [6.45, 7) is 6.63. The molecule has 1 aliphatic rings. The lowest BCUT2D eigenvalue weighted by molar-refractivity contribution is 0.166. The third-order valence-electron chi connectivity index (χ3n) is 2.65. The van der Waals surface area contributed by atoms with Crippen molar-refractivity contribution in [3.63, 3.8) is 0 Å². The predicted octanol–water partition coefficient (Wildman–Crippen LogP) is 2.20. The van der Waals surface area contributed by atoms with Gasteiger partial charge < -0.3 is 5.32 Å². The van der Waals surface area contributed by atoms with Crippen LogP contribution < -0.4 is 5.32 Å². The highest BCUT2D eigenvalue weighted by molar-refractivity contribution is 7.14. The molecule has 0 saturated carbocycles. The van der Waals surface area contributed by atoms with Crippen LogP contribution in [-0.4, -0.2) is 30.6 Å². The van der Waals surface area contributed by atoms with Gasteiger partial charge in [0, 0.05) is 32.2 Å². The molecule has 0 spiro atoms. The Bertz CT molecular complexity index is 300. The number of nitrogens with one attached hydrogen (secondary N) is 1. The minimum absolute atomic E-state index is 0.627. The molecule has 1 aliphatic heterocycles. The number of nitrogens with zero attached hydrogens (tertiary/aromatic N) is 1. The second kappa shape index (κ2) is 4.62. The SMILES string of the molecule is CC1CNCCN1Cc1csc(Cl)c1. The minimum atomic E-state index is 0.627. The van der Waals surface area contributed by atoms with E-state index in [9.17, 15) is 0 Å². The molecule has 1 saturated heterocycles. The van der Waals surface area contributed by atoms with Crippen molar-refractivity contribution < 1.29 is 0 Å². The lowest BCUT2D eigenvalue weighted by atomic mass is 10.2. The summed E-state index contributed by atoms with van der Waals surface area (Å²) in [7, 11) is 0. The van der Waals surface area contributed by atoms with E-state index in [0.29, 0.717) is 6.04 Å². The third kappa shape index (κ3) is 2.48. The molecule has 14 heavy (non-hydrogen) atoms. The molecule has 78 valence electrons. The van der Waals surface area contributed by atoms with Crippen LogP contribution in [0.15, 0.2) is 11.4 Å². The largest absolute Gasteiger partial charge is 0.314 e. The van der Waals surface area contributed by atoms with Crippen molar-refractivity contribution in [3.05, 3.63) is 21.3 Å². The number of rotatable bonds is 2. The molecular formula is C10H15ClN2S. The van der Waals surface area contributed by atoms with Gasteiger partial charge in [-0.1, -0.05) is 11.6 Å². The van der Waals surface area contributed by atoms with Crippen LogP contribution in [0.3, 0.4) is 0 Å². The molecular weight excluding hydrogens is 216 g/mol. The van der Waals surface area contributed by atoms with Crippen molar-refractivity contribution >= 4 is 22.9 Å². The highest BCUT2D eigenvalue weighted by atomic mass is 35.5. The van der Waals surface area contributed by atoms with Gasteiger partial charge >= 0.3 is 0 Å². The van der Waals surface area contributed by atoms with Gasteiger partial charge in [0.25, 0.3) is 0 Å². The van der Waals surface area contributed by atoms with Crippen LogP contribution in [0.2, 0.25) is 4.34 Å². The fourth-order valence-electron chi connectivity index (χ4n) is 1.78. The number of hydrogen-bond donors (Lipinski definition) is 1. The first-order valence-corrected chi connectivity index (χ1v) is 6.19. The molecule has 2 nitrogen and oxygen atoms in total. The standard InChI is InChI=1S/C10H15ClN2S/c1-8-5-12-2-3-13(8)6-9-4-10(11)14-7-9/h4,7-8,12H,2-3,5-6H2,1H3. The van der Waals surface area contributed by atoms with E-state index in [0.717, 1.165) is 30.5 Å². The van der Waals surface area contributed by atoms with Crippen LogP contribution in [-0.2, 0) is 6.54 Å².